The number of imidazole rings is 1. The Morgan fingerprint density at radius 2 is 1.92 bits per heavy atom. The molecule has 0 unspecified atom stereocenters. The molecule has 0 saturated heterocycles. The summed E-state index contributed by atoms with van der Waals surface area (Å²) in [5.41, 5.74) is 3.51. The molecular formula is C21H31N3O2. The fraction of sp³-hybridized carbons (Fsp3) is 0.571. The van der Waals surface area contributed by atoms with E-state index >= 15 is 0 Å². The van der Waals surface area contributed by atoms with E-state index in [0.29, 0.717) is 12.0 Å². The van der Waals surface area contributed by atoms with Crippen molar-refractivity contribution >= 4 is 0 Å². The van der Waals surface area contributed by atoms with Gasteiger partial charge in [-0.1, -0.05) is 38.1 Å². The Hall–Kier alpha value is -1.69. The predicted molar refractivity (Wildman–Crippen MR) is 103 cm³/mol. The summed E-state index contributed by atoms with van der Waals surface area (Å²) in [6.45, 7) is 11.2. The first-order chi connectivity index (χ1) is 12.6. The maximum atomic E-state index is 9.18. The van der Waals surface area contributed by atoms with E-state index in [2.05, 4.69) is 42.4 Å². The van der Waals surface area contributed by atoms with Crippen LogP contribution in [0.25, 0.3) is 0 Å². The summed E-state index contributed by atoms with van der Waals surface area (Å²) in [6, 6.07) is 8.51. The molecule has 1 aliphatic rings. The molecule has 2 heterocycles. The lowest BCUT2D eigenvalue weighted by molar-refractivity contribution is 0.110. The lowest BCUT2D eigenvalue weighted by Crippen LogP contribution is -2.37. The van der Waals surface area contributed by atoms with Crippen LogP contribution < -0.4 is 0 Å². The van der Waals surface area contributed by atoms with Crippen molar-refractivity contribution in [1.82, 2.24) is 14.5 Å². The summed E-state index contributed by atoms with van der Waals surface area (Å²) in [5, 5.41) is 9.18. The topological polar surface area (TPSA) is 50.5 Å². The third kappa shape index (κ3) is 4.53. The highest BCUT2D eigenvalue weighted by Crippen LogP contribution is 2.27. The van der Waals surface area contributed by atoms with Crippen LogP contribution in [0.4, 0.5) is 0 Å². The highest BCUT2D eigenvalue weighted by molar-refractivity contribution is 5.22. The standard InChI is InChI=1S/C21H31N3O2/c1-16(2)15-26-11-8-20-12-22-21-17(3)23(9-10-24(20)21)13-18-4-6-19(14-25)7-5-18/h4-7,12,16-17,25H,8-11,13-15H2,1-3H3/t17-/m1/s1. The molecule has 0 spiro atoms. The molecule has 26 heavy (non-hydrogen) atoms. The highest BCUT2D eigenvalue weighted by atomic mass is 16.5. The molecule has 2 aromatic rings. The zero-order valence-electron chi connectivity index (χ0n) is 16.2. The second-order valence-electron chi connectivity index (χ2n) is 7.60. The van der Waals surface area contributed by atoms with Gasteiger partial charge in [0.05, 0.1) is 19.3 Å². The maximum absolute atomic E-state index is 9.18. The number of aliphatic hydroxyl groups is 1. The van der Waals surface area contributed by atoms with Crippen molar-refractivity contribution in [3.05, 3.63) is 53.1 Å². The monoisotopic (exact) mass is 357 g/mol. The van der Waals surface area contributed by atoms with Gasteiger partial charge in [0.2, 0.25) is 0 Å². The second-order valence-corrected chi connectivity index (χ2v) is 7.60. The number of fused-ring (bicyclic) bond motifs is 1. The van der Waals surface area contributed by atoms with Crippen molar-refractivity contribution in [3.63, 3.8) is 0 Å². The van der Waals surface area contributed by atoms with Crippen LogP contribution in [0.1, 0.15) is 49.5 Å². The van der Waals surface area contributed by atoms with Crippen molar-refractivity contribution in [2.45, 2.75) is 52.9 Å². The Bertz CT molecular complexity index is 694. The number of rotatable bonds is 8. The van der Waals surface area contributed by atoms with E-state index in [-0.39, 0.29) is 6.61 Å². The lowest BCUT2D eigenvalue weighted by Gasteiger charge is -2.34. The number of nitrogens with zero attached hydrogens (tertiary/aromatic N) is 3. The summed E-state index contributed by atoms with van der Waals surface area (Å²) < 4.78 is 8.11. The van der Waals surface area contributed by atoms with Crippen LogP contribution in [0, 0.1) is 5.92 Å². The van der Waals surface area contributed by atoms with Gasteiger partial charge in [0.25, 0.3) is 0 Å². The van der Waals surface area contributed by atoms with Gasteiger partial charge in [0.1, 0.15) is 5.82 Å². The largest absolute Gasteiger partial charge is 0.392 e. The van der Waals surface area contributed by atoms with Crippen LogP contribution in [-0.2, 0) is 30.9 Å². The summed E-state index contributed by atoms with van der Waals surface area (Å²) in [6.07, 6.45) is 2.94. The van der Waals surface area contributed by atoms with Gasteiger partial charge >= 0.3 is 0 Å². The summed E-state index contributed by atoms with van der Waals surface area (Å²) in [7, 11) is 0. The molecule has 0 aliphatic carbocycles. The van der Waals surface area contributed by atoms with Gasteiger partial charge in [-0.05, 0) is 24.0 Å². The number of hydrogen-bond acceptors (Lipinski definition) is 4. The van der Waals surface area contributed by atoms with Crippen LogP contribution in [-0.4, -0.2) is 39.3 Å². The third-order valence-corrected chi connectivity index (χ3v) is 5.05. The molecule has 0 fully saturated rings. The van der Waals surface area contributed by atoms with E-state index in [9.17, 15) is 5.11 Å². The Kier molecular flexibility index (Phi) is 6.46. The number of ether oxygens (including phenoxy) is 1. The van der Waals surface area contributed by atoms with Crippen molar-refractivity contribution in [2.24, 2.45) is 5.92 Å². The average molecular weight is 357 g/mol. The van der Waals surface area contributed by atoms with E-state index in [1.807, 2.05) is 18.3 Å². The Morgan fingerprint density at radius 3 is 2.62 bits per heavy atom. The number of hydrogen-bond donors (Lipinski definition) is 1. The zero-order chi connectivity index (χ0) is 18.5. The third-order valence-electron chi connectivity index (χ3n) is 5.05. The predicted octanol–water partition coefficient (Wildman–Crippen LogP) is 3.17. The molecule has 1 N–H and O–H groups in total. The first-order valence-corrected chi connectivity index (χ1v) is 9.63. The van der Waals surface area contributed by atoms with Crippen LogP contribution in [0.5, 0.6) is 0 Å². The molecule has 1 atom stereocenters. The van der Waals surface area contributed by atoms with Gasteiger partial charge in [-0.3, -0.25) is 4.90 Å². The summed E-state index contributed by atoms with van der Waals surface area (Å²) in [5.74, 6) is 1.73. The van der Waals surface area contributed by atoms with Crippen LogP contribution >= 0.6 is 0 Å². The van der Waals surface area contributed by atoms with E-state index in [0.717, 1.165) is 50.7 Å². The van der Waals surface area contributed by atoms with Crippen LogP contribution in [0.15, 0.2) is 30.5 Å². The van der Waals surface area contributed by atoms with Crippen molar-refractivity contribution in [1.29, 1.82) is 0 Å². The Labute approximate surface area is 156 Å². The SMILES string of the molecule is CC(C)COCCc1cnc2n1CCN(Cc1ccc(CO)cc1)[C@@H]2C. The zero-order valence-corrected chi connectivity index (χ0v) is 16.2. The second kappa shape index (κ2) is 8.80. The highest BCUT2D eigenvalue weighted by Gasteiger charge is 2.26. The van der Waals surface area contributed by atoms with E-state index in [4.69, 9.17) is 9.72 Å². The number of aliphatic hydroxyl groups excluding tert-OH is 1. The number of aromatic nitrogens is 2. The van der Waals surface area contributed by atoms with E-state index in [1.165, 1.54) is 11.3 Å². The van der Waals surface area contributed by atoms with Crippen molar-refractivity contribution in [2.75, 3.05) is 19.8 Å². The van der Waals surface area contributed by atoms with Crippen LogP contribution in [0.2, 0.25) is 0 Å². The van der Waals surface area contributed by atoms with Crippen molar-refractivity contribution < 1.29 is 9.84 Å². The van der Waals surface area contributed by atoms with Gasteiger partial charge in [-0.2, -0.15) is 0 Å². The fourth-order valence-corrected chi connectivity index (χ4v) is 3.50. The molecule has 0 saturated carbocycles. The van der Waals surface area contributed by atoms with Crippen LogP contribution in [0.3, 0.4) is 0 Å². The molecule has 1 aromatic carbocycles. The van der Waals surface area contributed by atoms with Gasteiger partial charge in [-0.15, -0.1) is 0 Å². The molecule has 0 bridgehead atoms. The Balaban J connectivity index is 1.60. The normalized spacial score (nSPS) is 17.7. The molecule has 3 rings (SSSR count). The van der Waals surface area contributed by atoms with E-state index < -0.39 is 0 Å². The summed E-state index contributed by atoms with van der Waals surface area (Å²) in [4.78, 5) is 7.17. The Morgan fingerprint density at radius 1 is 1.19 bits per heavy atom. The van der Waals surface area contributed by atoms with Gasteiger partial charge in [-0.25, -0.2) is 4.98 Å². The van der Waals surface area contributed by atoms with Gasteiger partial charge in [0.15, 0.2) is 0 Å². The summed E-state index contributed by atoms with van der Waals surface area (Å²) >= 11 is 0. The molecule has 5 nitrogen and oxygen atoms in total. The minimum absolute atomic E-state index is 0.0987. The molecule has 1 aliphatic heterocycles. The molecule has 1 aromatic heterocycles. The minimum Gasteiger partial charge on any atom is -0.392 e. The molecule has 5 heteroatoms. The maximum Gasteiger partial charge on any atom is 0.126 e. The first kappa shape index (κ1) is 19.1. The molecule has 0 amide bonds. The van der Waals surface area contributed by atoms with E-state index in [1.54, 1.807) is 0 Å². The molecule has 0 radical (unpaired) electrons. The lowest BCUT2D eigenvalue weighted by atomic mass is 10.1. The fourth-order valence-electron chi connectivity index (χ4n) is 3.50. The van der Waals surface area contributed by atoms with Gasteiger partial charge in [0, 0.05) is 44.6 Å². The first-order valence-electron chi connectivity index (χ1n) is 9.63. The van der Waals surface area contributed by atoms with Gasteiger partial charge < -0.3 is 14.4 Å². The smallest absolute Gasteiger partial charge is 0.126 e. The molecule has 142 valence electrons. The molecular weight excluding hydrogens is 326 g/mol. The van der Waals surface area contributed by atoms with Crippen molar-refractivity contribution in [3.8, 4) is 0 Å². The average Bonchev–Trinajstić information content (AvgIpc) is 3.05. The minimum atomic E-state index is 0.0987. The quantitative estimate of drug-likeness (QED) is 0.737. The number of benzene rings is 1.